The number of aliphatic hydroxyl groups excluding tert-OH is 1. The van der Waals surface area contributed by atoms with Crippen molar-refractivity contribution in [1.29, 1.82) is 10.5 Å². The number of imidazole rings is 2. The first kappa shape index (κ1) is 48.9. The molecular weight excluding hydrogens is 950 g/mol. The molecule has 2 atom stereocenters. The molecule has 6 aromatic heterocycles. The lowest BCUT2D eigenvalue weighted by molar-refractivity contribution is 0.109. The number of hydrogen-bond acceptors (Lipinski definition) is 18. The predicted octanol–water partition coefficient (Wildman–Crippen LogP) is 9.57. The maximum Gasteiger partial charge on any atom is 0.324 e. The van der Waals surface area contributed by atoms with Crippen LogP contribution < -0.4 is 14.5 Å². The van der Waals surface area contributed by atoms with Crippen molar-refractivity contribution in [2.75, 3.05) is 36.0 Å². The number of halogens is 3. The second-order valence-electron chi connectivity index (χ2n) is 17.4. The van der Waals surface area contributed by atoms with Crippen LogP contribution in [0, 0.1) is 46.1 Å². The van der Waals surface area contributed by atoms with Gasteiger partial charge in [0, 0.05) is 49.1 Å². The molecule has 2 aliphatic rings. The maximum absolute atomic E-state index is 14.3. The Morgan fingerprint density at radius 3 is 1.57 bits per heavy atom. The quantitative estimate of drug-likeness (QED) is 0.135. The van der Waals surface area contributed by atoms with E-state index in [0.29, 0.717) is 71.9 Å². The zero-order valence-electron chi connectivity index (χ0n) is 38.6. The minimum atomic E-state index is -0.484. The van der Waals surface area contributed by atoms with E-state index in [9.17, 15) is 13.9 Å². The number of hydrogen-bond donors (Lipinski definition) is 1. The van der Waals surface area contributed by atoms with Gasteiger partial charge in [0.1, 0.15) is 17.7 Å². The molecule has 360 valence electrons. The van der Waals surface area contributed by atoms with Crippen LogP contribution in [0.2, 0.25) is 4.47 Å². The number of nitriles is 2. The number of aliphatic hydroxyl groups is 1. The average molecular weight is 1000 g/mol. The smallest absolute Gasteiger partial charge is 0.324 e. The number of aromatic nitrogens is 10. The van der Waals surface area contributed by atoms with Gasteiger partial charge in [-0.3, -0.25) is 0 Å². The van der Waals surface area contributed by atoms with E-state index in [1.165, 1.54) is 45.4 Å². The average Bonchev–Trinajstić information content (AvgIpc) is 4.21. The Balaban J connectivity index is 0.000000154. The minimum absolute atomic E-state index is 0.0117. The molecule has 8 aromatic rings. The second kappa shape index (κ2) is 21.4. The van der Waals surface area contributed by atoms with E-state index in [2.05, 4.69) is 57.2 Å². The molecule has 0 saturated carbocycles. The molecule has 0 amide bonds. The highest BCUT2D eigenvalue weighted by Crippen LogP contribution is 2.32. The molecule has 8 heterocycles. The summed E-state index contributed by atoms with van der Waals surface area (Å²) in [5.74, 6) is 1.84. The third kappa shape index (κ3) is 11.5. The molecule has 0 bridgehead atoms. The number of rotatable bonds is 10. The number of nitrogens with zero attached hydrogens (tertiary/aromatic N) is 14. The van der Waals surface area contributed by atoms with E-state index < -0.39 is 11.6 Å². The van der Waals surface area contributed by atoms with Crippen molar-refractivity contribution in [3.63, 3.8) is 0 Å². The van der Waals surface area contributed by atoms with Crippen LogP contribution in [0.5, 0.6) is 5.19 Å². The van der Waals surface area contributed by atoms with Gasteiger partial charge in [-0.05, 0) is 111 Å². The fraction of sp³-hybridized carbons (Fsp3) is 0.435. The molecule has 0 radical (unpaired) electrons. The third-order valence-corrected chi connectivity index (χ3v) is 13.8. The predicted molar refractivity (Wildman–Crippen MR) is 255 cm³/mol. The molecule has 0 aliphatic carbocycles. The van der Waals surface area contributed by atoms with Gasteiger partial charge in [0.15, 0.2) is 11.6 Å². The van der Waals surface area contributed by atoms with Gasteiger partial charge in [0.25, 0.3) is 5.19 Å². The summed E-state index contributed by atoms with van der Waals surface area (Å²) in [5.41, 5.74) is 2.15. The van der Waals surface area contributed by atoms with Crippen LogP contribution >= 0.6 is 34.3 Å². The molecule has 10 rings (SSSR count). The lowest BCUT2D eigenvalue weighted by Gasteiger charge is -2.33. The van der Waals surface area contributed by atoms with Crippen molar-refractivity contribution in [3.05, 3.63) is 87.7 Å². The number of benzene rings is 2. The number of anilines is 2. The van der Waals surface area contributed by atoms with Crippen molar-refractivity contribution < 1.29 is 27.7 Å². The fourth-order valence-electron chi connectivity index (χ4n) is 7.82. The van der Waals surface area contributed by atoms with Gasteiger partial charge >= 0.3 is 12.0 Å². The van der Waals surface area contributed by atoms with E-state index >= 15 is 0 Å². The van der Waals surface area contributed by atoms with Crippen LogP contribution in [0.1, 0.15) is 102 Å². The van der Waals surface area contributed by atoms with Gasteiger partial charge in [-0.2, -0.15) is 20.5 Å². The Kier molecular flexibility index (Phi) is 15.1. The van der Waals surface area contributed by atoms with Gasteiger partial charge in [0.2, 0.25) is 14.4 Å². The first-order chi connectivity index (χ1) is 33.2. The Morgan fingerprint density at radius 2 is 1.16 bits per heavy atom. The van der Waals surface area contributed by atoms with Crippen LogP contribution in [0.15, 0.2) is 57.8 Å². The highest BCUT2D eigenvalue weighted by Gasteiger charge is 2.29. The van der Waals surface area contributed by atoms with Crippen LogP contribution in [0.3, 0.4) is 0 Å². The molecule has 23 heteroatoms. The van der Waals surface area contributed by atoms with Crippen molar-refractivity contribution >= 4 is 56.2 Å². The summed E-state index contributed by atoms with van der Waals surface area (Å²) in [4.78, 5) is 23.0. The van der Waals surface area contributed by atoms with Crippen molar-refractivity contribution in [2.24, 2.45) is 11.8 Å². The molecule has 2 saturated heterocycles. The monoisotopic (exact) mass is 998 g/mol. The van der Waals surface area contributed by atoms with Gasteiger partial charge in [-0.15, -0.1) is 10.2 Å². The Bertz CT molecular complexity index is 3030. The zero-order chi connectivity index (χ0) is 48.9. The lowest BCUT2D eigenvalue weighted by Crippen LogP contribution is -2.38. The molecule has 0 spiro atoms. The van der Waals surface area contributed by atoms with E-state index in [4.69, 9.17) is 35.9 Å². The zero-order valence-corrected chi connectivity index (χ0v) is 41.0. The highest BCUT2D eigenvalue weighted by atomic mass is 35.5. The van der Waals surface area contributed by atoms with Crippen LogP contribution in [-0.2, 0) is 0 Å². The Morgan fingerprint density at radius 1 is 0.696 bits per heavy atom. The molecule has 18 nitrogen and oxygen atoms in total. The summed E-state index contributed by atoms with van der Waals surface area (Å²) in [5, 5.41) is 44.1. The highest BCUT2D eigenvalue weighted by molar-refractivity contribution is 7.20. The van der Waals surface area contributed by atoms with Gasteiger partial charge in [-0.1, -0.05) is 49.3 Å². The summed E-state index contributed by atoms with van der Waals surface area (Å²) < 4.78 is 48.4. The van der Waals surface area contributed by atoms with Gasteiger partial charge in [0.05, 0.1) is 53.2 Å². The molecule has 0 unspecified atom stereocenters. The SMILES string of the molecule is CC(C)c1noc(N2CCC([C@@H](C)O)CC2)n1.CC(C)c1noc(N2CCC([C@@H](C)Oc3nn4cc(-c5ccc(C#N)cc5F)nc4s3)CC2)n1.N#Cc1ccc(-c2cn3nc(Cl)sc3n2)c(F)c1. The van der Waals surface area contributed by atoms with E-state index in [1.54, 1.807) is 35.1 Å². The van der Waals surface area contributed by atoms with Crippen molar-refractivity contribution in [3.8, 4) is 39.8 Å². The summed E-state index contributed by atoms with van der Waals surface area (Å²) >= 11 is 8.26. The van der Waals surface area contributed by atoms with E-state index in [1.807, 2.05) is 46.8 Å². The van der Waals surface area contributed by atoms with Crippen LogP contribution in [0.4, 0.5) is 20.8 Å². The summed E-state index contributed by atoms with van der Waals surface area (Å²) in [6.45, 7) is 15.5. The lowest BCUT2D eigenvalue weighted by atomic mass is 9.92. The standard InChI is InChI=1S/C23H24FN7O2S.C12H21N3O2.C11H4ClFN4S/c1-13(2)20-27-21(33-29-20)30-8-6-16(7-9-30)14(3)32-23-28-31-12-19(26-22(31)34-23)17-5-4-15(11-25)10-18(17)24;1-8(2)11-13-12(17-14-11)15-6-4-10(5-7-15)9(3)16;12-10-16-17-5-9(15-11(17)18-10)7-2-1-6(4-14)3-8(7)13/h4-5,10,12-14,16H,6-9H2,1-3H3;8-10,16H,4-7H2,1-3H3;1-3,5H/t14-;9-;/m11./s1. The fourth-order valence-corrected chi connectivity index (χ4v) is 9.53. The molecular formula is C46H49ClF2N14O4S2. The van der Waals surface area contributed by atoms with Gasteiger partial charge in [-0.25, -0.2) is 27.8 Å². The topological polar surface area (TPSA) is 222 Å². The Labute approximate surface area is 408 Å². The summed E-state index contributed by atoms with van der Waals surface area (Å²) in [6.07, 6.45) is 6.91. The third-order valence-electron chi connectivity index (χ3n) is 11.9. The normalized spacial score (nSPS) is 15.4. The van der Waals surface area contributed by atoms with E-state index in [0.717, 1.165) is 63.5 Å². The largest absolute Gasteiger partial charge is 0.466 e. The minimum Gasteiger partial charge on any atom is -0.466 e. The molecule has 2 aliphatic heterocycles. The number of fused-ring (bicyclic) bond motifs is 2. The molecule has 2 fully saturated rings. The molecule has 69 heavy (non-hydrogen) atoms. The molecule has 2 aromatic carbocycles. The van der Waals surface area contributed by atoms with Crippen LogP contribution in [-0.4, -0.2) is 93.0 Å². The summed E-state index contributed by atoms with van der Waals surface area (Å²) in [7, 11) is 0. The van der Waals surface area contributed by atoms with Crippen molar-refractivity contribution in [1.82, 2.24) is 49.5 Å². The Hall–Kier alpha value is -6.59. The van der Waals surface area contributed by atoms with E-state index in [-0.39, 0.29) is 29.3 Å². The number of ether oxygens (including phenoxy) is 1. The summed E-state index contributed by atoms with van der Waals surface area (Å²) in [6, 6.07) is 13.6. The van der Waals surface area contributed by atoms with Crippen molar-refractivity contribution in [2.45, 2.75) is 91.3 Å². The van der Waals surface area contributed by atoms with Gasteiger partial charge < -0.3 is 28.7 Å². The first-order valence-electron chi connectivity index (χ1n) is 22.5. The molecule has 1 N–H and O–H groups in total. The maximum atomic E-state index is 14.3. The first-order valence-corrected chi connectivity index (χ1v) is 24.5. The second-order valence-corrected chi connectivity index (χ2v) is 19.9. The number of piperidine rings is 2. The van der Waals surface area contributed by atoms with Crippen LogP contribution in [0.25, 0.3) is 32.4 Å².